The van der Waals surface area contributed by atoms with E-state index in [9.17, 15) is 14.4 Å². The average molecular weight is 1160 g/mol. The van der Waals surface area contributed by atoms with E-state index in [1.807, 2.05) is 0 Å². The number of carbonyl (C=O) groups excluding carboxylic acids is 3. The second-order valence-electron chi connectivity index (χ2n) is 24.1. The van der Waals surface area contributed by atoms with E-state index in [2.05, 4.69) is 106 Å². The monoisotopic (exact) mass is 1160 g/mol. The number of hydrogen-bond donors (Lipinski definition) is 0. The van der Waals surface area contributed by atoms with Crippen LogP contribution in [0.25, 0.3) is 0 Å². The van der Waals surface area contributed by atoms with E-state index >= 15 is 0 Å². The van der Waals surface area contributed by atoms with Gasteiger partial charge in [0.05, 0.1) is 0 Å². The molecule has 0 N–H and O–H groups in total. The summed E-state index contributed by atoms with van der Waals surface area (Å²) >= 11 is 0. The van der Waals surface area contributed by atoms with Gasteiger partial charge in [-0.3, -0.25) is 14.4 Å². The molecule has 0 bridgehead atoms. The van der Waals surface area contributed by atoms with Crippen molar-refractivity contribution >= 4 is 17.9 Å². The summed E-state index contributed by atoms with van der Waals surface area (Å²) in [7, 11) is 0. The van der Waals surface area contributed by atoms with Crippen molar-refractivity contribution in [2.24, 2.45) is 0 Å². The number of hydrogen-bond acceptors (Lipinski definition) is 6. The highest BCUT2D eigenvalue weighted by atomic mass is 16.6. The number of carbonyl (C=O) groups is 3. The fourth-order valence-corrected chi connectivity index (χ4v) is 10.5. The lowest BCUT2D eigenvalue weighted by atomic mass is 10.0. The van der Waals surface area contributed by atoms with Crippen LogP contribution in [-0.4, -0.2) is 37.2 Å². The van der Waals surface area contributed by atoms with Crippen molar-refractivity contribution < 1.29 is 28.6 Å². The van der Waals surface area contributed by atoms with Crippen LogP contribution < -0.4 is 0 Å². The van der Waals surface area contributed by atoms with Crippen molar-refractivity contribution in [2.75, 3.05) is 13.2 Å². The fourth-order valence-electron chi connectivity index (χ4n) is 10.5. The van der Waals surface area contributed by atoms with Crippen LogP contribution in [0.15, 0.2) is 85.1 Å². The van der Waals surface area contributed by atoms with Crippen molar-refractivity contribution in [1.29, 1.82) is 0 Å². The van der Waals surface area contributed by atoms with E-state index < -0.39 is 6.10 Å². The molecule has 0 fully saturated rings. The van der Waals surface area contributed by atoms with Crippen LogP contribution in [0.3, 0.4) is 0 Å². The smallest absolute Gasteiger partial charge is 0.306 e. The Labute approximate surface area is 515 Å². The Morgan fingerprint density at radius 1 is 0.253 bits per heavy atom. The molecule has 0 rings (SSSR count). The second kappa shape index (κ2) is 71.1. The minimum atomic E-state index is -0.778. The first kappa shape index (κ1) is 79.6. The third kappa shape index (κ3) is 69.3. The molecule has 0 aromatic heterocycles. The van der Waals surface area contributed by atoms with Gasteiger partial charge < -0.3 is 14.2 Å². The van der Waals surface area contributed by atoms with Gasteiger partial charge in [-0.05, 0) is 96.3 Å². The Morgan fingerprint density at radius 2 is 0.470 bits per heavy atom. The Kier molecular flexibility index (Phi) is 68.2. The summed E-state index contributed by atoms with van der Waals surface area (Å²) in [5.74, 6) is -0.860. The summed E-state index contributed by atoms with van der Waals surface area (Å²) in [5.41, 5.74) is 0. The van der Waals surface area contributed by atoms with Crippen molar-refractivity contribution in [2.45, 2.75) is 374 Å². The summed E-state index contributed by atoms with van der Waals surface area (Å²) in [5, 5.41) is 0. The highest BCUT2D eigenvalue weighted by molar-refractivity contribution is 5.71. The zero-order valence-electron chi connectivity index (χ0n) is 55.2. The van der Waals surface area contributed by atoms with E-state index in [-0.39, 0.29) is 31.1 Å². The molecule has 0 aliphatic rings. The minimum Gasteiger partial charge on any atom is -0.462 e. The minimum absolute atomic E-state index is 0.0732. The Morgan fingerprint density at radius 3 is 0.747 bits per heavy atom. The molecular formula is C77H136O6. The SMILES string of the molecule is CC/C=C\C/C=C\C/C=C\C/C=C\C/C=C\C/C=C\CCCCCCCCCCCCCCCCCCC(=O)OCC(COC(=O)CCCCCCCCCCCCCCCC)OC(=O)CCCCCCC/C=C\CCCCCCCCC. The molecular weight excluding hydrogens is 1020 g/mol. The maximum Gasteiger partial charge on any atom is 0.306 e. The third-order valence-electron chi connectivity index (χ3n) is 15.9. The summed E-state index contributed by atoms with van der Waals surface area (Å²) in [4.78, 5) is 38.4. The molecule has 6 heteroatoms. The topological polar surface area (TPSA) is 78.9 Å². The molecule has 0 aliphatic carbocycles. The molecule has 0 radical (unpaired) electrons. The zero-order valence-corrected chi connectivity index (χ0v) is 55.2. The van der Waals surface area contributed by atoms with Crippen molar-refractivity contribution in [3.63, 3.8) is 0 Å². The van der Waals surface area contributed by atoms with Crippen LogP contribution in [0.1, 0.15) is 367 Å². The van der Waals surface area contributed by atoms with Crippen LogP contribution in [0.4, 0.5) is 0 Å². The summed E-state index contributed by atoms with van der Waals surface area (Å²) in [6.07, 6.45) is 94.8. The van der Waals surface area contributed by atoms with Crippen LogP contribution in [0, 0.1) is 0 Å². The number of esters is 3. The van der Waals surface area contributed by atoms with Gasteiger partial charge in [0.15, 0.2) is 6.10 Å². The van der Waals surface area contributed by atoms with E-state index in [1.54, 1.807) is 0 Å². The second-order valence-corrected chi connectivity index (χ2v) is 24.1. The maximum absolute atomic E-state index is 12.9. The van der Waals surface area contributed by atoms with Crippen LogP contribution >= 0.6 is 0 Å². The third-order valence-corrected chi connectivity index (χ3v) is 15.9. The van der Waals surface area contributed by atoms with Crippen LogP contribution in [0.5, 0.6) is 0 Å². The molecule has 0 heterocycles. The van der Waals surface area contributed by atoms with E-state index in [1.165, 1.54) is 225 Å². The largest absolute Gasteiger partial charge is 0.462 e. The van der Waals surface area contributed by atoms with Crippen molar-refractivity contribution in [3.05, 3.63) is 85.1 Å². The molecule has 1 atom stereocenters. The Hall–Kier alpha value is -3.41. The number of ether oxygens (including phenoxy) is 3. The summed E-state index contributed by atoms with van der Waals surface area (Å²) in [6, 6.07) is 0. The molecule has 0 saturated carbocycles. The Balaban J connectivity index is 4.15. The number of rotatable bonds is 66. The van der Waals surface area contributed by atoms with E-state index in [0.29, 0.717) is 19.3 Å². The quantitative estimate of drug-likeness (QED) is 0.0261. The molecule has 0 aromatic carbocycles. The van der Waals surface area contributed by atoms with Gasteiger partial charge in [-0.2, -0.15) is 0 Å². The number of unbranched alkanes of at least 4 members (excludes halogenated alkanes) is 41. The van der Waals surface area contributed by atoms with Crippen LogP contribution in [0.2, 0.25) is 0 Å². The lowest BCUT2D eigenvalue weighted by Gasteiger charge is -2.18. The average Bonchev–Trinajstić information content (AvgIpc) is 3.49. The van der Waals surface area contributed by atoms with Gasteiger partial charge in [-0.1, -0.05) is 337 Å². The first-order chi connectivity index (χ1) is 41.0. The van der Waals surface area contributed by atoms with Gasteiger partial charge in [0.2, 0.25) is 0 Å². The lowest BCUT2D eigenvalue weighted by Crippen LogP contribution is -2.30. The molecule has 0 amide bonds. The van der Waals surface area contributed by atoms with Crippen LogP contribution in [-0.2, 0) is 28.6 Å². The standard InChI is InChI=1S/C77H136O6/c1-4-7-10-13-16-19-22-25-28-30-31-32-33-34-35-36-37-38-39-40-41-42-43-44-45-46-47-48-50-52-55-58-61-64-67-70-76(79)82-73-74(72-81-75(78)69-66-63-60-57-54-51-27-24-21-18-15-12-9-6-3)83-77(80)71-68-65-62-59-56-53-49-29-26-23-20-17-14-11-8-5-2/h7,10,16,19,25,28-29,31-32,34-35,37-38,49,74H,4-6,8-9,11-15,17-18,20-24,26-27,30,33,36,39-48,50-73H2,1-3H3/b10-7-,19-16-,28-25-,32-31-,35-34-,38-37-,49-29-. The predicted octanol–water partition coefficient (Wildman–Crippen LogP) is 25.0. The summed E-state index contributed by atoms with van der Waals surface area (Å²) in [6.45, 7) is 6.57. The van der Waals surface area contributed by atoms with Crippen molar-refractivity contribution in [3.8, 4) is 0 Å². The van der Waals surface area contributed by atoms with E-state index in [0.717, 1.165) is 103 Å². The van der Waals surface area contributed by atoms with Gasteiger partial charge in [-0.25, -0.2) is 0 Å². The highest BCUT2D eigenvalue weighted by Crippen LogP contribution is 2.18. The van der Waals surface area contributed by atoms with Gasteiger partial charge in [0.25, 0.3) is 0 Å². The molecule has 1 unspecified atom stereocenters. The summed E-state index contributed by atoms with van der Waals surface area (Å²) < 4.78 is 17.0. The first-order valence-corrected chi connectivity index (χ1v) is 36.1. The molecule has 0 aliphatic heterocycles. The van der Waals surface area contributed by atoms with Gasteiger partial charge in [0, 0.05) is 19.3 Å². The molecule has 0 saturated heterocycles. The van der Waals surface area contributed by atoms with Gasteiger partial charge >= 0.3 is 17.9 Å². The lowest BCUT2D eigenvalue weighted by molar-refractivity contribution is -0.167. The molecule has 0 spiro atoms. The zero-order chi connectivity index (χ0) is 59.9. The van der Waals surface area contributed by atoms with Gasteiger partial charge in [0.1, 0.15) is 13.2 Å². The number of allylic oxidation sites excluding steroid dienone is 14. The first-order valence-electron chi connectivity index (χ1n) is 36.1. The molecule has 480 valence electrons. The highest BCUT2D eigenvalue weighted by Gasteiger charge is 2.19. The normalized spacial score (nSPS) is 12.6. The fraction of sp³-hybridized carbons (Fsp3) is 0.779. The molecule has 0 aromatic rings. The molecule has 83 heavy (non-hydrogen) atoms. The van der Waals surface area contributed by atoms with Crippen molar-refractivity contribution in [1.82, 2.24) is 0 Å². The van der Waals surface area contributed by atoms with E-state index in [4.69, 9.17) is 14.2 Å². The van der Waals surface area contributed by atoms with Gasteiger partial charge in [-0.15, -0.1) is 0 Å². The molecule has 6 nitrogen and oxygen atoms in total. The Bertz CT molecular complexity index is 1570. The predicted molar refractivity (Wildman–Crippen MR) is 362 cm³/mol. The maximum atomic E-state index is 12.9.